The van der Waals surface area contributed by atoms with Crippen molar-refractivity contribution in [2.24, 2.45) is 5.73 Å². The number of benzene rings is 2. The van der Waals surface area contributed by atoms with Gasteiger partial charge >= 0.3 is 0 Å². The fourth-order valence-electron chi connectivity index (χ4n) is 1.60. The molecule has 0 saturated heterocycles. The summed E-state index contributed by atoms with van der Waals surface area (Å²) in [4.78, 5) is 0. The summed E-state index contributed by atoms with van der Waals surface area (Å²) >= 11 is 11.7. The molecule has 0 aliphatic carbocycles. The Morgan fingerprint density at radius 3 is 2.60 bits per heavy atom. The lowest BCUT2D eigenvalue weighted by atomic mass is 10.2. The average Bonchev–Trinajstić information content (AvgIpc) is 2.41. The molecule has 0 spiro atoms. The van der Waals surface area contributed by atoms with Gasteiger partial charge in [-0.2, -0.15) is 0 Å². The van der Waals surface area contributed by atoms with Gasteiger partial charge in [-0.15, -0.1) is 0 Å². The second kappa shape index (κ2) is 6.11. The Morgan fingerprint density at radius 1 is 1.20 bits per heavy atom. The Morgan fingerprint density at radius 2 is 1.95 bits per heavy atom. The smallest absolute Gasteiger partial charge is 0.148 e. The molecule has 3 N–H and O–H groups in total. The number of amidine groups is 1. The highest BCUT2D eigenvalue weighted by Crippen LogP contribution is 2.27. The van der Waals surface area contributed by atoms with Crippen molar-refractivity contribution < 1.29 is 9.13 Å². The molecule has 2 rings (SSSR count). The number of hydrogen-bond acceptors (Lipinski definition) is 2. The summed E-state index contributed by atoms with van der Waals surface area (Å²) in [7, 11) is 0. The molecule has 2 aromatic rings. The lowest BCUT2D eigenvalue weighted by molar-refractivity contribution is 0.300. The summed E-state index contributed by atoms with van der Waals surface area (Å²) in [5, 5.41) is 7.66. The van der Waals surface area contributed by atoms with Gasteiger partial charge in [0.15, 0.2) is 0 Å². The highest BCUT2D eigenvalue weighted by molar-refractivity contribution is 6.32. The minimum Gasteiger partial charge on any atom is -0.487 e. The first-order valence-corrected chi connectivity index (χ1v) is 6.44. The third-order valence-electron chi connectivity index (χ3n) is 2.66. The average molecular weight is 313 g/mol. The molecule has 2 aromatic carbocycles. The second-order valence-corrected chi connectivity index (χ2v) is 4.87. The lowest BCUT2D eigenvalue weighted by Crippen LogP contribution is -2.10. The largest absolute Gasteiger partial charge is 0.487 e. The van der Waals surface area contributed by atoms with Gasteiger partial charge in [-0.1, -0.05) is 35.3 Å². The van der Waals surface area contributed by atoms with Gasteiger partial charge in [-0.25, -0.2) is 4.39 Å². The zero-order valence-corrected chi connectivity index (χ0v) is 11.8. The Balaban J connectivity index is 2.15. The molecule has 0 heterocycles. The van der Waals surface area contributed by atoms with Gasteiger partial charge in [0.1, 0.15) is 24.0 Å². The monoisotopic (exact) mass is 312 g/mol. The summed E-state index contributed by atoms with van der Waals surface area (Å²) in [5.74, 6) is -0.207. The predicted octanol–water partition coefficient (Wildman–Crippen LogP) is 4.00. The Labute approximate surface area is 125 Å². The van der Waals surface area contributed by atoms with Crippen molar-refractivity contribution in [3.05, 3.63) is 63.4 Å². The molecule has 0 radical (unpaired) electrons. The molecule has 104 valence electrons. The van der Waals surface area contributed by atoms with Gasteiger partial charge < -0.3 is 10.5 Å². The van der Waals surface area contributed by atoms with Crippen molar-refractivity contribution in [1.29, 1.82) is 5.41 Å². The SMILES string of the molecule is N=C(N)c1ccc(OCc2cccc(Cl)c2F)c(Cl)c1. The van der Waals surface area contributed by atoms with E-state index in [0.717, 1.165) is 0 Å². The van der Waals surface area contributed by atoms with E-state index in [1.807, 2.05) is 0 Å². The van der Waals surface area contributed by atoms with Crippen molar-refractivity contribution in [1.82, 2.24) is 0 Å². The van der Waals surface area contributed by atoms with Crippen LogP contribution in [0.3, 0.4) is 0 Å². The summed E-state index contributed by atoms with van der Waals surface area (Å²) in [5.41, 5.74) is 6.19. The first-order chi connectivity index (χ1) is 9.49. The van der Waals surface area contributed by atoms with Crippen molar-refractivity contribution in [2.75, 3.05) is 0 Å². The number of nitrogens with one attached hydrogen (secondary N) is 1. The predicted molar refractivity (Wildman–Crippen MR) is 78.2 cm³/mol. The molecule has 0 aromatic heterocycles. The first kappa shape index (κ1) is 14.6. The highest BCUT2D eigenvalue weighted by Gasteiger charge is 2.09. The topological polar surface area (TPSA) is 59.1 Å². The summed E-state index contributed by atoms with van der Waals surface area (Å²) in [6.45, 7) is 0.00549. The molecule has 0 atom stereocenters. The van der Waals surface area contributed by atoms with Crippen molar-refractivity contribution in [3.8, 4) is 5.75 Å². The van der Waals surface area contributed by atoms with Gasteiger partial charge in [0.05, 0.1) is 10.0 Å². The fraction of sp³-hybridized carbons (Fsp3) is 0.0714. The van der Waals surface area contributed by atoms with Crippen LogP contribution in [0.4, 0.5) is 4.39 Å². The second-order valence-electron chi connectivity index (χ2n) is 4.06. The number of hydrogen-bond donors (Lipinski definition) is 2. The third-order valence-corrected chi connectivity index (χ3v) is 3.24. The molecule has 0 aliphatic rings. The molecule has 0 amide bonds. The first-order valence-electron chi connectivity index (χ1n) is 5.68. The molecule has 6 heteroatoms. The maximum Gasteiger partial charge on any atom is 0.148 e. The van der Waals surface area contributed by atoms with E-state index in [1.165, 1.54) is 12.1 Å². The maximum absolute atomic E-state index is 13.7. The lowest BCUT2D eigenvalue weighted by Gasteiger charge is -2.10. The van der Waals surface area contributed by atoms with E-state index in [1.54, 1.807) is 24.3 Å². The Bertz CT molecular complexity index is 662. The van der Waals surface area contributed by atoms with Crippen molar-refractivity contribution in [2.45, 2.75) is 6.61 Å². The van der Waals surface area contributed by atoms with E-state index in [-0.39, 0.29) is 17.5 Å². The summed E-state index contributed by atoms with van der Waals surface area (Å²) < 4.78 is 19.1. The highest BCUT2D eigenvalue weighted by atomic mass is 35.5. The molecule has 0 fully saturated rings. The standard InChI is InChI=1S/C14H11Cl2FN2O/c15-10-3-1-2-9(13(10)17)7-20-12-5-4-8(14(18)19)6-11(12)16/h1-6H,7H2,(H3,18,19). The van der Waals surface area contributed by atoms with E-state index in [4.69, 9.17) is 39.1 Å². The minimum absolute atomic E-state index is 0.00549. The van der Waals surface area contributed by atoms with Gasteiger partial charge in [0.2, 0.25) is 0 Å². The zero-order valence-electron chi connectivity index (χ0n) is 10.3. The van der Waals surface area contributed by atoms with Crippen LogP contribution in [0.15, 0.2) is 36.4 Å². The van der Waals surface area contributed by atoms with E-state index in [2.05, 4.69) is 0 Å². The molecule has 0 saturated carbocycles. The molecule has 20 heavy (non-hydrogen) atoms. The van der Waals surface area contributed by atoms with Crippen LogP contribution in [-0.4, -0.2) is 5.84 Å². The molecular formula is C14H11Cl2FN2O. The molecule has 0 bridgehead atoms. The fourth-order valence-corrected chi connectivity index (χ4v) is 2.03. The van der Waals surface area contributed by atoms with Crippen LogP contribution in [0.1, 0.15) is 11.1 Å². The van der Waals surface area contributed by atoms with Crippen LogP contribution in [0.5, 0.6) is 5.75 Å². The molecule has 0 aliphatic heterocycles. The molecule has 3 nitrogen and oxygen atoms in total. The quantitative estimate of drug-likeness (QED) is 0.662. The Hall–Kier alpha value is -1.78. The normalized spacial score (nSPS) is 10.3. The summed E-state index contributed by atoms with van der Waals surface area (Å²) in [6, 6.07) is 9.41. The number of nitrogen functional groups attached to an aromatic ring is 1. The van der Waals surface area contributed by atoms with Crippen LogP contribution in [0, 0.1) is 11.2 Å². The number of rotatable bonds is 4. The van der Waals surface area contributed by atoms with Crippen molar-refractivity contribution >= 4 is 29.0 Å². The van der Waals surface area contributed by atoms with E-state index < -0.39 is 5.82 Å². The summed E-state index contributed by atoms with van der Waals surface area (Å²) in [6.07, 6.45) is 0. The van der Waals surface area contributed by atoms with Gasteiger partial charge in [-0.05, 0) is 24.3 Å². The van der Waals surface area contributed by atoms with Gasteiger partial charge in [0, 0.05) is 11.1 Å². The van der Waals surface area contributed by atoms with Gasteiger partial charge in [-0.3, -0.25) is 5.41 Å². The van der Waals surface area contributed by atoms with E-state index >= 15 is 0 Å². The van der Waals surface area contributed by atoms with Gasteiger partial charge in [0.25, 0.3) is 0 Å². The number of nitrogens with two attached hydrogens (primary N) is 1. The van der Waals surface area contributed by atoms with Crippen LogP contribution in [-0.2, 0) is 6.61 Å². The van der Waals surface area contributed by atoms with Crippen molar-refractivity contribution in [3.63, 3.8) is 0 Å². The number of halogens is 3. The molecular weight excluding hydrogens is 302 g/mol. The minimum atomic E-state index is -0.509. The van der Waals surface area contributed by atoms with Crippen LogP contribution in [0.25, 0.3) is 0 Å². The van der Waals surface area contributed by atoms with Crippen LogP contribution < -0.4 is 10.5 Å². The number of ether oxygens (including phenoxy) is 1. The van der Waals surface area contributed by atoms with Crippen LogP contribution in [0.2, 0.25) is 10.0 Å². The zero-order chi connectivity index (χ0) is 14.7. The molecule has 0 unspecified atom stereocenters. The van der Waals surface area contributed by atoms with E-state index in [0.29, 0.717) is 21.9 Å². The third kappa shape index (κ3) is 3.21. The van der Waals surface area contributed by atoms with Crippen LogP contribution >= 0.6 is 23.2 Å². The maximum atomic E-state index is 13.7. The Kier molecular flexibility index (Phi) is 4.47. The van der Waals surface area contributed by atoms with E-state index in [9.17, 15) is 4.39 Å².